The number of nitrogens with one attached hydrogen (secondary N) is 1. The maximum Gasteiger partial charge on any atom is 0.272 e. The standard InChI is InChI=1S/C18H24N4O/c1-13(2)11-19-17-10-16(20-14(3)21-17)18(23)22(4)12-15-8-6-5-7-9-15/h5-10,13H,11-12H2,1-4H3,(H,19,20,21). The van der Waals surface area contributed by atoms with Gasteiger partial charge in [0.05, 0.1) is 0 Å². The molecule has 0 aliphatic carbocycles. The van der Waals surface area contributed by atoms with Crippen LogP contribution in [0.25, 0.3) is 0 Å². The van der Waals surface area contributed by atoms with Gasteiger partial charge in [-0.2, -0.15) is 0 Å². The number of nitrogens with zero attached hydrogens (tertiary/aromatic N) is 3. The quantitative estimate of drug-likeness (QED) is 0.890. The summed E-state index contributed by atoms with van der Waals surface area (Å²) in [7, 11) is 1.79. The Hall–Kier alpha value is -2.43. The first-order chi connectivity index (χ1) is 11.0. The van der Waals surface area contributed by atoms with Gasteiger partial charge in [-0.25, -0.2) is 9.97 Å². The van der Waals surface area contributed by atoms with Crippen LogP contribution in [0.4, 0.5) is 5.82 Å². The molecule has 1 heterocycles. The van der Waals surface area contributed by atoms with E-state index in [4.69, 9.17) is 0 Å². The summed E-state index contributed by atoms with van der Waals surface area (Å²) in [5.41, 5.74) is 1.51. The van der Waals surface area contributed by atoms with E-state index in [0.29, 0.717) is 29.8 Å². The van der Waals surface area contributed by atoms with Crippen LogP contribution >= 0.6 is 0 Å². The van der Waals surface area contributed by atoms with Gasteiger partial charge in [0.15, 0.2) is 0 Å². The zero-order valence-corrected chi connectivity index (χ0v) is 14.2. The van der Waals surface area contributed by atoms with E-state index < -0.39 is 0 Å². The molecule has 1 N–H and O–H groups in total. The Kier molecular flexibility index (Phi) is 5.68. The van der Waals surface area contributed by atoms with Gasteiger partial charge in [0.2, 0.25) is 0 Å². The van der Waals surface area contributed by atoms with E-state index in [9.17, 15) is 4.79 Å². The van der Waals surface area contributed by atoms with Crippen LogP contribution in [0.5, 0.6) is 0 Å². The summed E-state index contributed by atoms with van der Waals surface area (Å²) in [6, 6.07) is 11.6. The van der Waals surface area contributed by atoms with Crippen molar-refractivity contribution < 1.29 is 4.79 Å². The van der Waals surface area contributed by atoms with Gasteiger partial charge in [-0.3, -0.25) is 4.79 Å². The third kappa shape index (κ3) is 5.06. The molecule has 1 amide bonds. The lowest BCUT2D eigenvalue weighted by Gasteiger charge is -2.17. The highest BCUT2D eigenvalue weighted by Crippen LogP contribution is 2.11. The maximum absolute atomic E-state index is 12.6. The van der Waals surface area contributed by atoms with Gasteiger partial charge in [0.1, 0.15) is 17.3 Å². The minimum atomic E-state index is -0.105. The second-order valence-corrected chi connectivity index (χ2v) is 6.11. The van der Waals surface area contributed by atoms with Gasteiger partial charge in [0.25, 0.3) is 5.91 Å². The minimum Gasteiger partial charge on any atom is -0.370 e. The van der Waals surface area contributed by atoms with Crippen LogP contribution in [-0.4, -0.2) is 34.4 Å². The summed E-state index contributed by atoms with van der Waals surface area (Å²) in [4.78, 5) is 22.9. The van der Waals surface area contributed by atoms with Crippen LogP contribution < -0.4 is 5.32 Å². The molecule has 0 aliphatic rings. The molecule has 5 heteroatoms. The molecular formula is C18H24N4O. The molecule has 0 bridgehead atoms. The predicted molar refractivity (Wildman–Crippen MR) is 92.3 cm³/mol. The molecule has 0 unspecified atom stereocenters. The Morgan fingerprint density at radius 3 is 2.57 bits per heavy atom. The number of carbonyl (C=O) groups excluding carboxylic acids is 1. The topological polar surface area (TPSA) is 58.1 Å². The maximum atomic E-state index is 12.6. The van der Waals surface area contributed by atoms with E-state index in [1.54, 1.807) is 24.9 Å². The average molecular weight is 312 g/mol. The minimum absolute atomic E-state index is 0.105. The van der Waals surface area contributed by atoms with Crippen molar-refractivity contribution in [3.63, 3.8) is 0 Å². The number of benzene rings is 1. The fraction of sp³-hybridized carbons (Fsp3) is 0.389. The van der Waals surface area contributed by atoms with Crippen molar-refractivity contribution in [3.8, 4) is 0 Å². The molecule has 0 atom stereocenters. The van der Waals surface area contributed by atoms with Crippen LogP contribution in [-0.2, 0) is 6.54 Å². The number of hydrogen-bond acceptors (Lipinski definition) is 4. The first kappa shape index (κ1) is 16.9. The molecule has 1 aromatic heterocycles. The molecular weight excluding hydrogens is 288 g/mol. The Labute approximate surface area is 137 Å². The monoisotopic (exact) mass is 312 g/mol. The summed E-state index contributed by atoms with van der Waals surface area (Å²) in [5.74, 6) is 1.69. The second kappa shape index (κ2) is 7.72. The van der Waals surface area contributed by atoms with Gasteiger partial charge in [0, 0.05) is 26.2 Å². The fourth-order valence-corrected chi connectivity index (χ4v) is 2.20. The SMILES string of the molecule is Cc1nc(NCC(C)C)cc(C(=O)N(C)Cc2ccccc2)n1. The molecule has 1 aromatic carbocycles. The number of aryl methyl sites for hydroxylation is 1. The number of rotatable bonds is 6. The largest absolute Gasteiger partial charge is 0.370 e. The third-order valence-electron chi connectivity index (χ3n) is 3.36. The zero-order chi connectivity index (χ0) is 16.8. The highest BCUT2D eigenvalue weighted by Gasteiger charge is 2.15. The lowest BCUT2D eigenvalue weighted by atomic mass is 10.2. The number of anilines is 1. The molecule has 0 saturated carbocycles. The van der Waals surface area contributed by atoms with Crippen LogP contribution in [0.3, 0.4) is 0 Å². The van der Waals surface area contributed by atoms with Crippen molar-refractivity contribution in [1.82, 2.24) is 14.9 Å². The van der Waals surface area contributed by atoms with Crippen LogP contribution in [0.1, 0.15) is 35.7 Å². The summed E-state index contributed by atoms with van der Waals surface area (Å²) < 4.78 is 0. The van der Waals surface area contributed by atoms with E-state index in [2.05, 4.69) is 29.1 Å². The van der Waals surface area contributed by atoms with E-state index in [1.807, 2.05) is 30.3 Å². The first-order valence-electron chi connectivity index (χ1n) is 7.84. The van der Waals surface area contributed by atoms with Gasteiger partial charge in [-0.1, -0.05) is 44.2 Å². The molecule has 0 aliphatic heterocycles. The molecule has 2 rings (SSSR count). The van der Waals surface area contributed by atoms with Crippen molar-refractivity contribution in [2.45, 2.75) is 27.3 Å². The van der Waals surface area contributed by atoms with E-state index in [0.717, 1.165) is 12.1 Å². The molecule has 0 fully saturated rings. The average Bonchev–Trinajstić information content (AvgIpc) is 2.52. The number of hydrogen-bond donors (Lipinski definition) is 1. The van der Waals surface area contributed by atoms with Crippen molar-refractivity contribution in [2.75, 3.05) is 18.9 Å². The lowest BCUT2D eigenvalue weighted by molar-refractivity contribution is 0.0779. The highest BCUT2D eigenvalue weighted by atomic mass is 16.2. The summed E-state index contributed by atoms with van der Waals surface area (Å²) >= 11 is 0. The van der Waals surface area contributed by atoms with Crippen molar-refractivity contribution >= 4 is 11.7 Å². The molecule has 0 spiro atoms. The van der Waals surface area contributed by atoms with Gasteiger partial charge < -0.3 is 10.2 Å². The fourth-order valence-electron chi connectivity index (χ4n) is 2.20. The summed E-state index contributed by atoms with van der Waals surface area (Å²) in [6.07, 6.45) is 0. The van der Waals surface area contributed by atoms with Crippen LogP contribution in [0, 0.1) is 12.8 Å². The molecule has 122 valence electrons. The van der Waals surface area contributed by atoms with E-state index in [-0.39, 0.29) is 5.91 Å². The predicted octanol–water partition coefficient (Wildman–Crippen LogP) is 3.13. The Bertz CT molecular complexity index is 655. The second-order valence-electron chi connectivity index (χ2n) is 6.11. The number of amides is 1. The first-order valence-corrected chi connectivity index (χ1v) is 7.84. The number of aromatic nitrogens is 2. The summed E-state index contributed by atoms with van der Waals surface area (Å²) in [5, 5.41) is 3.25. The van der Waals surface area contributed by atoms with E-state index in [1.165, 1.54) is 0 Å². The molecule has 23 heavy (non-hydrogen) atoms. The van der Waals surface area contributed by atoms with Crippen molar-refractivity contribution in [1.29, 1.82) is 0 Å². The van der Waals surface area contributed by atoms with Gasteiger partial charge in [-0.05, 0) is 18.4 Å². The molecule has 2 aromatic rings. The Morgan fingerprint density at radius 1 is 1.22 bits per heavy atom. The molecule has 0 radical (unpaired) electrons. The van der Waals surface area contributed by atoms with Gasteiger partial charge >= 0.3 is 0 Å². The number of carbonyl (C=O) groups is 1. The third-order valence-corrected chi connectivity index (χ3v) is 3.36. The summed E-state index contributed by atoms with van der Waals surface area (Å²) in [6.45, 7) is 7.41. The van der Waals surface area contributed by atoms with E-state index >= 15 is 0 Å². The van der Waals surface area contributed by atoms with Gasteiger partial charge in [-0.15, -0.1) is 0 Å². The Balaban J connectivity index is 2.11. The van der Waals surface area contributed by atoms with Crippen LogP contribution in [0.2, 0.25) is 0 Å². The molecule has 0 saturated heterocycles. The van der Waals surface area contributed by atoms with Crippen molar-refractivity contribution in [3.05, 3.63) is 53.5 Å². The lowest BCUT2D eigenvalue weighted by Crippen LogP contribution is -2.27. The van der Waals surface area contributed by atoms with Crippen molar-refractivity contribution in [2.24, 2.45) is 5.92 Å². The highest BCUT2D eigenvalue weighted by molar-refractivity contribution is 5.92. The Morgan fingerprint density at radius 2 is 1.91 bits per heavy atom. The normalized spacial score (nSPS) is 10.7. The van der Waals surface area contributed by atoms with Crippen LogP contribution in [0.15, 0.2) is 36.4 Å². The zero-order valence-electron chi connectivity index (χ0n) is 14.2. The molecule has 5 nitrogen and oxygen atoms in total. The smallest absolute Gasteiger partial charge is 0.272 e.